The summed E-state index contributed by atoms with van der Waals surface area (Å²) in [5, 5.41) is 12.3. The first-order valence-electron chi connectivity index (χ1n) is 12.0. The fourth-order valence-electron chi connectivity index (χ4n) is 3.94. The topological polar surface area (TPSA) is 56.1 Å². The molecule has 2 aromatic carbocycles. The van der Waals surface area contributed by atoms with E-state index in [0.29, 0.717) is 5.69 Å². The largest absolute Gasteiger partial charge is 0.347 e. The number of nitrogens with one attached hydrogen (secondary N) is 1. The average molecular weight is 440 g/mol. The first-order chi connectivity index (χ1) is 16.2. The van der Waals surface area contributed by atoms with Crippen molar-refractivity contribution >= 4 is 22.9 Å². The first kappa shape index (κ1) is 24.1. The summed E-state index contributed by atoms with van der Waals surface area (Å²) in [4.78, 5) is 14.8. The molecule has 2 aromatic rings. The van der Waals surface area contributed by atoms with Gasteiger partial charge >= 0.3 is 0 Å². The Labute approximate surface area is 197 Å². The van der Waals surface area contributed by atoms with Gasteiger partial charge in [0, 0.05) is 29.7 Å². The second kappa shape index (κ2) is 13.1. The molecular weight excluding hydrogens is 406 g/mol. The minimum atomic E-state index is -0.408. The predicted molar refractivity (Wildman–Crippen MR) is 138 cm³/mol. The van der Waals surface area contributed by atoms with Crippen LogP contribution in [0.4, 0.5) is 11.4 Å². The third-order valence-electron chi connectivity index (χ3n) is 5.79. The zero-order chi connectivity index (χ0) is 23.3. The third-order valence-corrected chi connectivity index (χ3v) is 5.79. The molecule has 1 aliphatic heterocycles. The SMILES string of the molecule is CCCCCCCCCN1C=C/C(=C\C=C(/C#N)C(=O)Nc2ccccc2)c2ccccc21. The van der Waals surface area contributed by atoms with Gasteiger partial charge in [-0.2, -0.15) is 5.26 Å². The highest BCUT2D eigenvalue weighted by atomic mass is 16.1. The van der Waals surface area contributed by atoms with Gasteiger partial charge in [0.25, 0.3) is 5.91 Å². The van der Waals surface area contributed by atoms with Gasteiger partial charge in [-0.25, -0.2) is 0 Å². The number of rotatable bonds is 11. The van der Waals surface area contributed by atoms with Gasteiger partial charge in [-0.1, -0.05) is 87.9 Å². The molecule has 1 N–H and O–H groups in total. The van der Waals surface area contributed by atoms with Crippen LogP contribution in [0.25, 0.3) is 5.57 Å². The maximum Gasteiger partial charge on any atom is 0.266 e. The van der Waals surface area contributed by atoms with Crippen molar-refractivity contribution < 1.29 is 4.79 Å². The summed E-state index contributed by atoms with van der Waals surface area (Å²) in [7, 11) is 0. The molecule has 0 bridgehead atoms. The smallest absolute Gasteiger partial charge is 0.266 e. The molecule has 0 spiro atoms. The van der Waals surface area contributed by atoms with Crippen LogP contribution < -0.4 is 10.2 Å². The Morgan fingerprint density at radius 2 is 1.67 bits per heavy atom. The molecular formula is C29H33N3O. The van der Waals surface area contributed by atoms with Crippen LogP contribution in [-0.4, -0.2) is 12.5 Å². The van der Waals surface area contributed by atoms with Crippen molar-refractivity contribution in [3.63, 3.8) is 0 Å². The number of allylic oxidation sites excluding steroid dienone is 4. The molecule has 33 heavy (non-hydrogen) atoms. The average Bonchev–Trinajstić information content (AvgIpc) is 2.85. The minimum Gasteiger partial charge on any atom is -0.347 e. The van der Waals surface area contributed by atoms with E-state index in [4.69, 9.17) is 0 Å². The number of unbranched alkanes of at least 4 members (excludes halogenated alkanes) is 6. The highest BCUT2D eigenvalue weighted by molar-refractivity contribution is 6.07. The molecule has 0 aromatic heterocycles. The zero-order valence-corrected chi connectivity index (χ0v) is 19.5. The second-order valence-electron chi connectivity index (χ2n) is 8.28. The quantitative estimate of drug-likeness (QED) is 0.228. The summed E-state index contributed by atoms with van der Waals surface area (Å²) in [5.74, 6) is -0.408. The third kappa shape index (κ3) is 7.22. The predicted octanol–water partition coefficient (Wildman–Crippen LogP) is 7.24. The Bertz CT molecular complexity index is 1040. The number of amides is 1. The molecule has 4 nitrogen and oxygen atoms in total. The molecule has 1 aliphatic rings. The summed E-state index contributed by atoms with van der Waals surface area (Å²) < 4.78 is 0. The number of anilines is 2. The van der Waals surface area contributed by atoms with Gasteiger partial charge in [0.2, 0.25) is 0 Å². The van der Waals surface area contributed by atoms with Crippen LogP contribution in [0, 0.1) is 11.3 Å². The number of fused-ring (bicyclic) bond motifs is 1. The molecule has 0 aliphatic carbocycles. The van der Waals surface area contributed by atoms with Crippen molar-refractivity contribution in [2.24, 2.45) is 0 Å². The van der Waals surface area contributed by atoms with Gasteiger partial charge in [-0.05, 0) is 42.3 Å². The van der Waals surface area contributed by atoms with Gasteiger partial charge < -0.3 is 10.2 Å². The van der Waals surface area contributed by atoms with E-state index < -0.39 is 5.91 Å². The lowest BCUT2D eigenvalue weighted by atomic mass is 9.98. The summed E-state index contributed by atoms with van der Waals surface area (Å²) in [6, 6.07) is 19.5. The molecule has 1 amide bonds. The number of carbonyl (C=O) groups is 1. The zero-order valence-electron chi connectivity index (χ0n) is 19.5. The maximum atomic E-state index is 12.5. The van der Waals surface area contributed by atoms with Crippen LogP contribution in [0.15, 0.2) is 84.6 Å². The van der Waals surface area contributed by atoms with Crippen molar-refractivity contribution in [3.8, 4) is 6.07 Å². The lowest BCUT2D eigenvalue weighted by Crippen LogP contribution is -2.21. The molecule has 0 saturated heterocycles. The summed E-state index contributed by atoms with van der Waals surface area (Å²) in [5.41, 5.74) is 4.00. The molecule has 170 valence electrons. The van der Waals surface area contributed by atoms with E-state index in [2.05, 4.69) is 47.6 Å². The standard InChI is InChI=1S/C29H33N3O/c1-2-3-4-5-6-7-13-21-32-22-20-24(27-16-11-12-17-28(27)32)18-19-25(23-30)29(33)31-26-14-9-8-10-15-26/h8-12,14-20,22H,2-7,13,21H2,1H3,(H,31,33)/b24-18+,25-19+. The van der Waals surface area contributed by atoms with Crippen LogP contribution in [0.5, 0.6) is 0 Å². The fourth-order valence-corrected chi connectivity index (χ4v) is 3.94. The van der Waals surface area contributed by atoms with Crippen LogP contribution >= 0.6 is 0 Å². The Morgan fingerprint density at radius 1 is 0.970 bits per heavy atom. The number of nitrogens with zero attached hydrogens (tertiary/aromatic N) is 2. The van der Waals surface area contributed by atoms with Crippen molar-refractivity contribution in [2.45, 2.75) is 51.9 Å². The molecule has 1 heterocycles. The van der Waals surface area contributed by atoms with Crippen molar-refractivity contribution in [2.75, 3.05) is 16.8 Å². The Hall–Kier alpha value is -3.58. The number of para-hydroxylation sites is 2. The van der Waals surface area contributed by atoms with Crippen LogP contribution in [0.1, 0.15) is 57.4 Å². The number of benzene rings is 2. The lowest BCUT2D eigenvalue weighted by molar-refractivity contribution is -0.112. The summed E-state index contributed by atoms with van der Waals surface area (Å²) in [6.07, 6.45) is 16.6. The van der Waals surface area contributed by atoms with E-state index in [1.54, 1.807) is 18.2 Å². The van der Waals surface area contributed by atoms with Crippen molar-refractivity contribution in [1.29, 1.82) is 5.26 Å². The van der Waals surface area contributed by atoms with Gasteiger partial charge in [-0.15, -0.1) is 0 Å². The van der Waals surface area contributed by atoms with E-state index >= 15 is 0 Å². The normalized spacial score (nSPS) is 14.1. The summed E-state index contributed by atoms with van der Waals surface area (Å²) in [6.45, 7) is 3.24. The number of nitriles is 1. The summed E-state index contributed by atoms with van der Waals surface area (Å²) >= 11 is 0. The van der Waals surface area contributed by atoms with Crippen molar-refractivity contribution in [1.82, 2.24) is 0 Å². The van der Waals surface area contributed by atoms with Crippen LogP contribution in [-0.2, 0) is 4.79 Å². The number of carbonyl (C=O) groups excluding carboxylic acids is 1. The van der Waals surface area contributed by atoms with E-state index in [0.717, 1.165) is 23.4 Å². The molecule has 0 saturated carbocycles. The molecule has 0 unspecified atom stereocenters. The molecule has 0 radical (unpaired) electrons. The monoisotopic (exact) mass is 439 g/mol. The van der Waals surface area contributed by atoms with Crippen molar-refractivity contribution in [3.05, 3.63) is 90.2 Å². The highest BCUT2D eigenvalue weighted by Gasteiger charge is 2.15. The number of hydrogen-bond donors (Lipinski definition) is 1. The Balaban J connectivity index is 1.65. The number of hydrogen-bond acceptors (Lipinski definition) is 3. The molecule has 3 rings (SSSR count). The van der Waals surface area contributed by atoms with Gasteiger partial charge in [0.1, 0.15) is 11.6 Å². The van der Waals surface area contributed by atoms with E-state index in [1.165, 1.54) is 44.9 Å². The Kier molecular flexibility index (Phi) is 9.54. The van der Waals surface area contributed by atoms with E-state index in [-0.39, 0.29) is 5.57 Å². The fraction of sp³-hybridized carbons (Fsp3) is 0.310. The Morgan fingerprint density at radius 3 is 2.42 bits per heavy atom. The van der Waals surface area contributed by atoms with Crippen LogP contribution in [0.2, 0.25) is 0 Å². The van der Waals surface area contributed by atoms with Gasteiger partial charge in [0.15, 0.2) is 0 Å². The maximum absolute atomic E-state index is 12.5. The van der Waals surface area contributed by atoms with E-state index in [9.17, 15) is 10.1 Å². The molecule has 4 heteroatoms. The lowest BCUT2D eigenvalue weighted by Gasteiger charge is -2.27. The molecule has 0 atom stereocenters. The van der Waals surface area contributed by atoms with E-state index in [1.807, 2.05) is 36.4 Å². The van der Waals surface area contributed by atoms with Gasteiger partial charge in [0.05, 0.1) is 0 Å². The van der Waals surface area contributed by atoms with Gasteiger partial charge in [-0.3, -0.25) is 4.79 Å². The van der Waals surface area contributed by atoms with Crippen LogP contribution in [0.3, 0.4) is 0 Å². The second-order valence-corrected chi connectivity index (χ2v) is 8.28. The highest BCUT2D eigenvalue weighted by Crippen LogP contribution is 2.33. The molecule has 0 fully saturated rings. The minimum absolute atomic E-state index is 0.0720. The first-order valence-corrected chi connectivity index (χ1v) is 12.0.